The van der Waals surface area contributed by atoms with Crippen LogP contribution in [0, 0.1) is 24.7 Å². The van der Waals surface area contributed by atoms with Gasteiger partial charge in [0.2, 0.25) is 0 Å². The number of hydrogen-bond donors (Lipinski definition) is 0. The molecule has 2 rings (SSSR count). The van der Waals surface area contributed by atoms with Crippen molar-refractivity contribution in [1.82, 2.24) is 0 Å². The van der Waals surface area contributed by atoms with Crippen LogP contribution in [0.25, 0.3) is 0 Å². The van der Waals surface area contributed by atoms with Gasteiger partial charge in [-0.25, -0.2) is 0 Å². The summed E-state index contributed by atoms with van der Waals surface area (Å²) in [6.07, 6.45) is 14.9. The summed E-state index contributed by atoms with van der Waals surface area (Å²) in [6, 6.07) is 10.0. The normalized spacial score (nSPS) is 21.7. The van der Waals surface area contributed by atoms with Gasteiger partial charge in [0, 0.05) is 12.3 Å². The minimum atomic E-state index is 0.227. The van der Waals surface area contributed by atoms with Crippen LogP contribution >= 0.6 is 0 Å². The van der Waals surface area contributed by atoms with Crippen molar-refractivity contribution in [1.29, 1.82) is 0 Å². The summed E-state index contributed by atoms with van der Waals surface area (Å²) < 4.78 is 0. The fourth-order valence-corrected chi connectivity index (χ4v) is 2.33. The molecule has 0 aromatic heterocycles. The van der Waals surface area contributed by atoms with E-state index in [-0.39, 0.29) is 5.92 Å². The zero-order valence-electron chi connectivity index (χ0n) is 10.9. The Kier molecular flexibility index (Phi) is 5.94. The largest absolute Gasteiger partial charge is 0.299 e. The number of carbonyl (C=O) groups is 1. The van der Waals surface area contributed by atoms with E-state index in [0.717, 1.165) is 18.4 Å². The van der Waals surface area contributed by atoms with Gasteiger partial charge in [-0.15, -0.1) is 12.8 Å². The van der Waals surface area contributed by atoms with Gasteiger partial charge in [-0.3, -0.25) is 4.79 Å². The maximum absolute atomic E-state index is 12.1. The Labute approximate surface area is 110 Å². The second-order valence-corrected chi connectivity index (χ2v) is 4.66. The van der Waals surface area contributed by atoms with Gasteiger partial charge in [0.25, 0.3) is 0 Å². The summed E-state index contributed by atoms with van der Waals surface area (Å²) >= 11 is 0. The highest BCUT2D eigenvalue weighted by atomic mass is 16.1. The minimum Gasteiger partial charge on any atom is -0.299 e. The molecule has 0 radical (unpaired) electrons. The molecule has 0 N–H and O–H groups in total. The third-order valence-electron chi connectivity index (χ3n) is 3.39. The predicted molar refractivity (Wildman–Crippen MR) is 76.1 cm³/mol. The molecule has 1 aliphatic carbocycles. The first-order valence-corrected chi connectivity index (χ1v) is 6.32. The monoisotopic (exact) mass is 240 g/mol. The summed E-state index contributed by atoms with van der Waals surface area (Å²) in [7, 11) is 0. The standard InChI is InChI=1S/C15H18O.C2H2/c1-12-7-5-6-10-14(12)15(16)11-13-8-3-2-4-9-13;1-2/h2-6,8-9,12,14H,7,10-11H2,1H3;1-2H. The molecule has 0 amide bonds. The Balaban J connectivity index is 0.000000771. The average molecular weight is 240 g/mol. The Morgan fingerprint density at radius 2 is 1.78 bits per heavy atom. The highest BCUT2D eigenvalue weighted by molar-refractivity contribution is 5.83. The summed E-state index contributed by atoms with van der Waals surface area (Å²) in [5.41, 5.74) is 1.13. The lowest BCUT2D eigenvalue weighted by molar-refractivity contribution is -0.123. The number of rotatable bonds is 3. The fraction of sp³-hybridized carbons (Fsp3) is 0.353. The van der Waals surface area contributed by atoms with E-state index < -0.39 is 0 Å². The van der Waals surface area contributed by atoms with Crippen molar-refractivity contribution in [2.45, 2.75) is 26.2 Å². The highest BCUT2D eigenvalue weighted by Crippen LogP contribution is 2.26. The summed E-state index contributed by atoms with van der Waals surface area (Å²) in [5, 5.41) is 0. The van der Waals surface area contributed by atoms with Gasteiger partial charge in [-0.1, -0.05) is 49.4 Å². The van der Waals surface area contributed by atoms with E-state index in [1.54, 1.807) is 0 Å². The zero-order chi connectivity index (χ0) is 13.4. The maximum atomic E-state index is 12.1. The molecular weight excluding hydrogens is 220 g/mol. The average Bonchev–Trinajstić information content (AvgIpc) is 2.42. The lowest BCUT2D eigenvalue weighted by Crippen LogP contribution is -2.24. The molecule has 2 atom stereocenters. The van der Waals surface area contributed by atoms with Crippen LogP contribution in [0.2, 0.25) is 0 Å². The number of benzene rings is 1. The third kappa shape index (κ3) is 3.89. The first kappa shape index (κ1) is 14.3. The number of terminal acetylenes is 1. The Morgan fingerprint density at radius 3 is 2.39 bits per heavy atom. The van der Waals surface area contributed by atoms with Crippen molar-refractivity contribution in [3.8, 4) is 12.8 Å². The number of ketones is 1. The molecule has 0 bridgehead atoms. The predicted octanol–water partition coefficient (Wildman–Crippen LogP) is 3.65. The summed E-state index contributed by atoms with van der Waals surface area (Å²) in [6.45, 7) is 2.18. The van der Waals surface area contributed by atoms with E-state index in [1.807, 2.05) is 30.3 Å². The minimum absolute atomic E-state index is 0.227. The smallest absolute Gasteiger partial charge is 0.140 e. The van der Waals surface area contributed by atoms with Crippen molar-refractivity contribution in [2.24, 2.45) is 11.8 Å². The number of hydrogen-bond acceptors (Lipinski definition) is 1. The van der Waals surface area contributed by atoms with E-state index in [1.165, 1.54) is 0 Å². The van der Waals surface area contributed by atoms with E-state index in [0.29, 0.717) is 18.1 Å². The van der Waals surface area contributed by atoms with Crippen LogP contribution in [0.3, 0.4) is 0 Å². The SMILES string of the molecule is C#C.CC1CC=CCC1C(=O)Cc1ccccc1. The van der Waals surface area contributed by atoms with Crippen LogP contribution in [-0.4, -0.2) is 5.78 Å². The molecule has 94 valence electrons. The first-order valence-electron chi connectivity index (χ1n) is 6.32. The molecule has 2 unspecified atom stereocenters. The van der Waals surface area contributed by atoms with Crippen LogP contribution in [0.15, 0.2) is 42.5 Å². The molecule has 1 heteroatoms. The molecule has 0 heterocycles. The van der Waals surface area contributed by atoms with E-state index in [9.17, 15) is 4.79 Å². The van der Waals surface area contributed by atoms with Gasteiger partial charge in [-0.2, -0.15) is 0 Å². The molecule has 1 aliphatic rings. The van der Waals surface area contributed by atoms with Crippen molar-refractivity contribution in [3.05, 3.63) is 48.0 Å². The molecule has 0 spiro atoms. The molecular formula is C17H20O. The lowest BCUT2D eigenvalue weighted by Gasteiger charge is -2.23. The van der Waals surface area contributed by atoms with Gasteiger partial charge in [-0.05, 0) is 24.3 Å². The molecule has 0 fully saturated rings. The quantitative estimate of drug-likeness (QED) is 0.582. The topological polar surface area (TPSA) is 17.1 Å². The summed E-state index contributed by atoms with van der Waals surface area (Å²) in [4.78, 5) is 12.1. The second-order valence-electron chi connectivity index (χ2n) is 4.66. The van der Waals surface area contributed by atoms with Gasteiger partial charge in [0.15, 0.2) is 0 Å². The van der Waals surface area contributed by atoms with Gasteiger partial charge >= 0.3 is 0 Å². The van der Waals surface area contributed by atoms with Gasteiger partial charge < -0.3 is 0 Å². The van der Waals surface area contributed by atoms with Crippen LogP contribution in [0.5, 0.6) is 0 Å². The molecule has 18 heavy (non-hydrogen) atoms. The molecule has 1 aromatic rings. The highest BCUT2D eigenvalue weighted by Gasteiger charge is 2.24. The lowest BCUT2D eigenvalue weighted by atomic mass is 9.80. The molecule has 1 aromatic carbocycles. The molecule has 0 saturated heterocycles. The van der Waals surface area contributed by atoms with E-state index in [4.69, 9.17) is 0 Å². The first-order chi connectivity index (χ1) is 8.77. The van der Waals surface area contributed by atoms with Crippen molar-refractivity contribution in [2.75, 3.05) is 0 Å². The Bertz CT molecular complexity index is 414. The van der Waals surface area contributed by atoms with Crippen molar-refractivity contribution >= 4 is 5.78 Å². The van der Waals surface area contributed by atoms with E-state index in [2.05, 4.69) is 31.9 Å². The van der Waals surface area contributed by atoms with Crippen molar-refractivity contribution < 1.29 is 4.79 Å². The maximum Gasteiger partial charge on any atom is 0.140 e. The van der Waals surface area contributed by atoms with Crippen LogP contribution in [0.4, 0.5) is 0 Å². The number of allylic oxidation sites excluding steroid dienone is 2. The van der Waals surface area contributed by atoms with Crippen molar-refractivity contribution in [3.63, 3.8) is 0 Å². The number of Topliss-reactive ketones (excluding diaryl/α,β-unsaturated/α-hetero) is 1. The van der Waals surface area contributed by atoms with Gasteiger partial charge in [0.05, 0.1) is 0 Å². The van der Waals surface area contributed by atoms with E-state index >= 15 is 0 Å². The van der Waals surface area contributed by atoms with Crippen LogP contribution in [-0.2, 0) is 11.2 Å². The number of carbonyl (C=O) groups excluding carboxylic acids is 1. The molecule has 0 saturated carbocycles. The van der Waals surface area contributed by atoms with Crippen LogP contribution < -0.4 is 0 Å². The molecule has 0 aliphatic heterocycles. The second kappa shape index (κ2) is 7.50. The summed E-state index contributed by atoms with van der Waals surface area (Å²) in [5.74, 6) is 1.12. The Hall–Kier alpha value is -1.81. The van der Waals surface area contributed by atoms with Gasteiger partial charge in [0.1, 0.15) is 5.78 Å². The Morgan fingerprint density at radius 1 is 1.17 bits per heavy atom. The fourth-order valence-electron chi connectivity index (χ4n) is 2.33. The third-order valence-corrected chi connectivity index (χ3v) is 3.39. The molecule has 1 nitrogen and oxygen atoms in total. The van der Waals surface area contributed by atoms with Crippen LogP contribution in [0.1, 0.15) is 25.3 Å². The zero-order valence-corrected chi connectivity index (χ0v) is 10.9.